The van der Waals surface area contributed by atoms with E-state index in [1.54, 1.807) is 23.4 Å². The summed E-state index contributed by atoms with van der Waals surface area (Å²) in [7, 11) is 1.31. The lowest BCUT2D eigenvalue weighted by Gasteiger charge is -2.46. The number of anilines is 4. The highest BCUT2D eigenvalue weighted by atomic mass is 16.5. The Bertz CT molecular complexity index is 1950. The van der Waals surface area contributed by atoms with E-state index in [4.69, 9.17) is 14.6 Å². The molecule has 0 radical (unpaired) electrons. The molecule has 0 saturated carbocycles. The van der Waals surface area contributed by atoms with Crippen LogP contribution in [0.4, 0.5) is 23.1 Å². The van der Waals surface area contributed by atoms with Gasteiger partial charge in [0.25, 0.3) is 5.91 Å². The zero-order chi connectivity index (χ0) is 34.7. The molecule has 14 nitrogen and oxygen atoms in total. The van der Waals surface area contributed by atoms with Crippen molar-refractivity contribution in [2.45, 2.75) is 58.8 Å². The molecule has 0 bridgehead atoms. The van der Waals surface area contributed by atoms with Crippen molar-refractivity contribution in [3.05, 3.63) is 70.9 Å². The van der Waals surface area contributed by atoms with Gasteiger partial charge in [-0.25, -0.2) is 19.4 Å². The van der Waals surface area contributed by atoms with Crippen LogP contribution in [-0.2, 0) is 35.5 Å². The number of amides is 1. The fourth-order valence-electron chi connectivity index (χ4n) is 7.92. The molecule has 4 aromatic rings. The molecule has 3 aliphatic heterocycles. The van der Waals surface area contributed by atoms with Crippen molar-refractivity contribution in [2.24, 2.45) is 5.41 Å². The van der Waals surface area contributed by atoms with Gasteiger partial charge in [-0.1, -0.05) is 13.8 Å². The van der Waals surface area contributed by atoms with Crippen LogP contribution in [0.2, 0.25) is 0 Å². The minimum Gasteiger partial charge on any atom is -0.465 e. The van der Waals surface area contributed by atoms with Gasteiger partial charge in [0.1, 0.15) is 22.9 Å². The molecule has 262 valence electrons. The Morgan fingerprint density at radius 1 is 1.12 bits per heavy atom. The van der Waals surface area contributed by atoms with Crippen LogP contribution in [0.3, 0.4) is 0 Å². The third kappa shape index (κ3) is 5.60. The van der Waals surface area contributed by atoms with Gasteiger partial charge in [0.15, 0.2) is 5.82 Å². The number of ether oxygens (including phenoxy) is 2. The fraction of sp³-hybridized carbons (Fsp3) is 0.472. The number of aromatic nitrogens is 5. The number of aliphatic hydroxyl groups is 1. The number of pyridine rings is 2. The van der Waals surface area contributed by atoms with E-state index in [1.165, 1.54) is 23.0 Å². The SMILES string of the molecule is COC(=O)c1cn(-c2ccnc(N3CCn4c(cc5c4CC(C)(C)C5)C3=O)c2CO)nc1Nc1ccc(N2CCN(C3COC3)C[C@@H]2C)cn1. The van der Waals surface area contributed by atoms with E-state index in [0.717, 1.165) is 51.4 Å². The first kappa shape index (κ1) is 32.4. The fourth-order valence-corrected chi connectivity index (χ4v) is 7.92. The van der Waals surface area contributed by atoms with Gasteiger partial charge in [-0.3, -0.25) is 14.6 Å². The smallest absolute Gasteiger partial charge is 0.343 e. The van der Waals surface area contributed by atoms with Crippen LogP contribution in [0, 0.1) is 5.41 Å². The number of carbonyl (C=O) groups excluding carboxylic acids is 2. The second-order valence-corrected chi connectivity index (χ2v) is 14.5. The minimum absolute atomic E-state index is 0.153. The van der Waals surface area contributed by atoms with Crippen LogP contribution in [0.25, 0.3) is 5.69 Å². The van der Waals surface area contributed by atoms with Crippen LogP contribution in [-0.4, -0.2) is 105 Å². The second kappa shape index (κ2) is 12.5. The van der Waals surface area contributed by atoms with Crippen molar-refractivity contribution < 1.29 is 24.2 Å². The molecule has 1 aliphatic carbocycles. The van der Waals surface area contributed by atoms with Gasteiger partial charge >= 0.3 is 5.97 Å². The van der Waals surface area contributed by atoms with E-state index in [1.807, 2.05) is 24.4 Å². The van der Waals surface area contributed by atoms with Crippen LogP contribution in [0.5, 0.6) is 0 Å². The molecule has 50 heavy (non-hydrogen) atoms. The van der Waals surface area contributed by atoms with Gasteiger partial charge in [0, 0.05) is 62.4 Å². The number of esters is 1. The number of nitrogens with one attached hydrogen (secondary N) is 1. The number of hydrogen-bond acceptors (Lipinski definition) is 11. The topological polar surface area (TPSA) is 143 Å². The number of aliphatic hydroxyl groups excluding tert-OH is 1. The number of piperazine rings is 1. The van der Waals surface area contributed by atoms with Crippen LogP contribution < -0.4 is 15.1 Å². The summed E-state index contributed by atoms with van der Waals surface area (Å²) in [6, 6.07) is 8.45. The Morgan fingerprint density at radius 3 is 2.66 bits per heavy atom. The van der Waals surface area contributed by atoms with Crippen molar-refractivity contribution in [3.8, 4) is 5.69 Å². The number of carbonyl (C=O) groups is 2. The maximum atomic E-state index is 13.9. The van der Waals surface area contributed by atoms with E-state index in [0.29, 0.717) is 53.8 Å². The maximum Gasteiger partial charge on any atom is 0.343 e. The lowest BCUT2D eigenvalue weighted by molar-refractivity contribution is -0.0691. The Balaban J connectivity index is 1.04. The van der Waals surface area contributed by atoms with E-state index in [2.05, 4.69) is 50.4 Å². The minimum atomic E-state index is -0.582. The molecule has 4 aliphatic rings. The molecule has 0 aromatic carbocycles. The molecular formula is C36H43N9O5. The predicted molar refractivity (Wildman–Crippen MR) is 186 cm³/mol. The molecule has 2 fully saturated rings. The predicted octanol–water partition coefficient (Wildman–Crippen LogP) is 3.18. The van der Waals surface area contributed by atoms with E-state index < -0.39 is 12.6 Å². The summed E-state index contributed by atoms with van der Waals surface area (Å²) in [6.45, 7) is 11.9. The van der Waals surface area contributed by atoms with Gasteiger partial charge in [0.2, 0.25) is 0 Å². The van der Waals surface area contributed by atoms with Crippen molar-refractivity contribution in [1.29, 1.82) is 0 Å². The molecule has 7 heterocycles. The molecular weight excluding hydrogens is 638 g/mol. The third-order valence-corrected chi connectivity index (χ3v) is 10.5. The Kier molecular flexibility index (Phi) is 8.11. The standard InChI is InChI=1S/C36H43N9O5/c1-22-17-41(25-20-50-21-25)9-10-42(22)24-5-6-31(38-16-24)39-32-26(35(48)49-4)18-45(40-32)28-7-8-37-33(27(28)19-46)44-12-11-43-29(34(44)47)13-23-14-36(2,3)15-30(23)43/h5-8,13,16,18,22,25,46H,9-12,14-15,17,19-21H2,1-4H3,(H,38,39,40)/t22-/m0/s1. The van der Waals surface area contributed by atoms with Crippen molar-refractivity contribution in [3.63, 3.8) is 0 Å². The molecule has 8 rings (SSSR count). The summed E-state index contributed by atoms with van der Waals surface area (Å²) in [5.74, 6) is 0.382. The first-order chi connectivity index (χ1) is 24.1. The molecule has 14 heteroatoms. The summed E-state index contributed by atoms with van der Waals surface area (Å²) in [5, 5.41) is 18.5. The molecule has 4 aromatic heterocycles. The summed E-state index contributed by atoms with van der Waals surface area (Å²) in [4.78, 5) is 42.5. The zero-order valence-electron chi connectivity index (χ0n) is 28.9. The summed E-state index contributed by atoms with van der Waals surface area (Å²) >= 11 is 0. The lowest BCUT2D eigenvalue weighted by Crippen LogP contribution is -2.59. The number of methoxy groups -OCH3 is 1. The maximum absolute atomic E-state index is 13.9. The first-order valence-corrected chi connectivity index (χ1v) is 17.3. The van der Waals surface area contributed by atoms with E-state index in [-0.39, 0.29) is 22.7 Å². The monoisotopic (exact) mass is 681 g/mol. The van der Waals surface area contributed by atoms with Crippen molar-refractivity contribution in [2.75, 3.05) is 61.6 Å². The number of nitrogens with zero attached hydrogens (tertiary/aromatic N) is 8. The van der Waals surface area contributed by atoms with Gasteiger partial charge < -0.3 is 29.4 Å². The van der Waals surface area contributed by atoms with Gasteiger partial charge in [-0.2, -0.15) is 0 Å². The Morgan fingerprint density at radius 2 is 1.96 bits per heavy atom. The normalized spacial score (nSPS) is 20.4. The molecule has 1 amide bonds. The van der Waals surface area contributed by atoms with Gasteiger partial charge in [-0.05, 0) is 55.0 Å². The van der Waals surface area contributed by atoms with Crippen LogP contribution >= 0.6 is 0 Å². The van der Waals surface area contributed by atoms with Crippen molar-refractivity contribution >= 4 is 35.0 Å². The number of fused-ring (bicyclic) bond motifs is 3. The molecule has 2 saturated heterocycles. The highest BCUT2D eigenvalue weighted by Gasteiger charge is 2.38. The largest absolute Gasteiger partial charge is 0.465 e. The van der Waals surface area contributed by atoms with Crippen LogP contribution in [0.15, 0.2) is 42.9 Å². The number of hydrogen-bond donors (Lipinski definition) is 2. The number of rotatable bonds is 8. The molecule has 0 spiro atoms. The van der Waals surface area contributed by atoms with E-state index in [9.17, 15) is 14.7 Å². The summed E-state index contributed by atoms with van der Waals surface area (Å²) in [6.07, 6.45) is 6.84. The zero-order valence-corrected chi connectivity index (χ0v) is 28.9. The van der Waals surface area contributed by atoms with Gasteiger partial charge in [-0.15, -0.1) is 5.10 Å². The first-order valence-electron chi connectivity index (χ1n) is 17.3. The highest BCUT2D eigenvalue weighted by Crippen LogP contribution is 2.40. The Labute approximate surface area is 290 Å². The summed E-state index contributed by atoms with van der Waals surface area (Å²) in [5.41, 5.74) is 5.42. The van der Waals surface area contributed by atoms with Gasteiger partial charge in [0.05, 0.1) is 50.5 Å². The summed E-state index contributed by atoms with van der Waals surface area (Å²) < 4.78 is 14.1. The average Bonchev–Trinajstić information content (AvgIpc) is 3.74. The highest BCUT2D eigenvalue weighted by molar-refractivity contribution is 6.06. The molecule has 0 unspecified atom stereocenters. The average molecular weight is 682 g/mol. The quantitative estimate of drug-likeness (QED) is 0.265. The third-order valence-electron chi connectivity index (χ3n) is 10.5. The molecule has 2 N–H and O–H groups in total. The van der Waals surface area contributed by atoms with Crippen molar-refractivity contribution in [1.82, 2.24) is 29.2 Å². The van der Waals surface area contributed by atoms with Crippen LogP contribution in [0.1, 0.15) is 58.4 Å². The Hall–Kier alpha value is -4.79. The second-order valence-electron chi connectivity index (χ2n) is 14.5. The lowest BCUT2D eigenvalue weighted by atomic mass is 9.90. The molecule has 1 atom stereocenters. The van der Waals surface area contributed by atoms with E-state index >= 15 is 0 Å².